The molecule has 3 N–H and O–H groups in total. The van der Waals surface area contributed by atoms with Crippen molar-refractivity contribution in [3.63, 3.8) is 0 Å². The van der Waals surface area contributed by atoms with E-state index in [2.05, 4.69) is 5.32 Å². The van der Waals surface area contributed by atoms with Gasteiger partial charge in [0, 0.05) is 11.4 Å². The molecule has 120 valence electrons. The number of benzene rings is 3. The van der Waals surface area contributed by atoms with Crippen LogP contribution in [0.25, 0.3) is 10.8 Å². The Labute approximate surface area is 139 Å². The van der Waals surface area contributed by atoms with E-state index in [0.717, 1.165) is 10.8 Å². The quantitative estimate of drug-likeness (QED) is 0.571. The second-order valence-corrected chi connectivity index (χ2v) is 5.27. The van der Waals surface area contributed by atoms with E-state index in [0.29, 0.717) is 11.4 Å². The van der Waals surface area contributed by atoms with E-state index in [1.807, 2.05) is 36.4 Å². The van der Waals surface area contributed by atoms with Crippen LogP contribution in [-0.4, -0.2) is 18.5 Å². The molecule has 0 radical (unpaired) electrons. The lowest BCUT2D eigenvalue weighted by Gasteiger charge is -2.08. The number of nitrogen functional groups attached to an aromatic ring is 1. The van der Waals surface area contributed by atoms with Crippen molar-refractivity contribution in [3.8, 4) is 0 Å². The molecule has 1 amide bonds. The summed E-state index contributed by atoms with van der Waals surface area (Å²) in [4.78, 5) is 23.9. The van der Waals surface area contributed by atoms with Gasteiger partial charge in [0.15, 0.2) is 6.61 Å². The molecule has 0 saturated carbocycles. The van der Waals surface area contributed by atoms with Crippen molar-refractivity contribution in [2.45, 2.75) is 0 Å². The van der Waals surface area contributed by atoms with E-state index < -0.39 is 11.9 Å². The number of nitrogens with one attached hydrogen (secondary N) is 1. The molecule has 0 bridgehead atoms. The largest absolute Gasteiger partial charge is 0.452 e. The summed E-state index contributed by atoms with van der Waals surface area (Å²) in [5.74, 6) is -1.03. The van der Waals surface area contributed by atoms with Crippen LogP contribution in [-0.2, 0) is 9.53 Å². The summed E-state index contributed by atoms with van der Waals surface area (Å²) in [5.41, 5.74) is 6.91. The minimum atomic E-state index is -0.623. The van der Waals surface area contributed by atoms with Gasteiger partial charge in [-0.3, -0.25) is 4.79 Å². The zero-order valence-corrected chi connectivity index (χ0v) is 12.9. The minimum Gasteiger partial charge on any atom is -0.452 e. The average molecular weight is 320 g/mol. The highest BCUT2D eigenvalue weighted by Gasteiger charge is 2.12. The van der Waals surface area contributed by atoms with Crippen LogP contribution in [0.5, 0.6) is 0 Å². The summed E-state index contributed by atoms with van der Waals surface area (Å²) in [6.07, 6.45) is 0. The maximum Gasteiger partial charge on any atom is 0.340 e. The van der Waals surface area contributed by atoms with E-state index >= 15 is 0 Å². The third-order valence-corrected chi connectivity index (χ3v) is 3.55. The molecule has 3 aromatic carbocycles. The van der Waals surface area contributed by atoms with Gasteiger partial charge in [-0.2, -0.15) is 0 Å². The zero-order valence-electron chi connectivity index (χ0n) is 12.9. The Morgan fingerprint density at radius 2 is 1.62 bits per heavy atom. The molecule has 24 heavy (non-hydrogen) atoms. The van der Waals surface area contributed by atoms with Crippen molar-refractivity contribution in [1.82, 2.24) is 0 Å². The molecule has 0 aliphatic rings. The molecule has 0 unspecified atom stereocenters. The van der Waals surface area contributed by atoms with Crippen LogP contribution >= 0.6 is 0 Å². The second kappa shape index (κ2) is 6.83. The molecule has 5 heteroatoms. The van der Waals surface area contributed by atoms with Crippen molar-refractivity contribution in [1.29, 1.82) is 0 Å². The van der Waals surface area contributed by atoms with Crippen molar-refractivity contribution in [2.75, 3.05) is 17.7 Å². The van der Waals surface area contributed by atoms with Gasteiger partial charge in [-0.15, -0.1) is 0 Å². The highest BCUT2D eigenvalue weighted by Crippen LogP contribution is 2.18. The van der Waals surface area contributed by atoms with E-state index in [-0.39, 0.29) is 12.2 Å². The number of carbonyl (C=O) groups excluding carboxylic acids is 2. The second-order valence-electron chi connectivity index (χ2n) is 5.27. The molecule has 0 spiro atoms. The van der Waals surface area contributed by atoms with E-state index in [1.165, 1.54) is 0 Å². The summed E-state index contributed by atoms with van der Waals surface area (Å²) in [7, 11) is 0. The van der Waals surface area contributed by atoms with Gasteiger partial charge in [0.1, 0.15) is 0 Å². The van der Waals surface area contributed by atoms with Crippen LogP contribution in [0.1, 0.15) is 10.4 Å². The number of nitrogens with two attached hydrogens (primary N) is 1. The first-order chi connectivity index (χ1) is 11.6. The highest BCUT2D eigenvalue weighted by molar-refractivity contribution is 5.99. The molecule has 0 atom stereocenters. The summed E-state index contributed by atoms with van der Waals surface area (Å²) >= 11 is 0. The highest BCUT2D eigenvalue weighted by atomic mass is 16.5. The maximum atomic E-state index is 11.9. The number of amides is 1. The van der Waals surface area contributed by atoms with Crippen LogP contribution < -0.4 is 11.1 Å². The van der Waals surface area contributed by atoms with E-state index in [4.69, 9.17) is 10.5 Å². The molecular weight excluding hydrogens is 304 g/mol. The molecule has 0 aliphatic heterocycles. The third kappa shape index (κ3) is 3.52. The summed E-state index contributed by atoms with van der Waals surface area (Å²) in [5, 5.41) is 4.81. The Hall–Kier alpha value is -3.34. The lowest BCUT2D eigenvalue weighted by Crippen LogP contribution is -2.21. The van der Waals surface area contributed by atoms with Gasteiger partial charge in [-0.1, -0.05) is 42.5 Å². The number of rotatable bonds is 4. The molecule has 0 saturated heterocycles. The van der Waals surface area contributed by atoms with Gasteiger partial charge in [0.05, 0.1) is 5.56 Å². The van der Waals surface area contributed by atoms with Crippen LogP contribution in [0.4, 0.5) is 11.4 Å². The monoisotopic (exact) mass is 320 g/mol. The Bertz CT molecular complexity index is 906. The van der Waals surface area contributed by atoms with Gasteiger partial charge in [0.2, 0.25) is 0 Å². The fraction of sp³-hybridized carbons (Fsp3) is 0.0526. The fourth-order valence-corrected chi connectivity index (χ4v) is 2.36. The van der Waals surface area contributed by atoms with Crippen LogP contribution in [0.15, 0.2) is 66.7 Å². The number of anilines is 2. The third-order valence-electron chi connectivity index (χ3n) is 3.55. The Kier molecular flexibility index (Phi) is 4.43. The number of hydrogen-bond donors (Lipinski definition) is 2. The summed E-state index contributed by atoms with van der Waals surface area (Å²) in [6, 6.07) is 20.0. The normalized spacial score (nSPS) is 10.3. The predicted octanol–water partition coefficient (Wildman–Crippen LogP) is 3.22. The van der Waals surface area contributed by atoms with Gasteiger partial charge in [0.25, 0.3) is 5.91 Å². The first-order valence-corrected chi connectivity index (χ1v) is 7.44. The van der Waals surface area contributed by atoms with Gasteiger partial charge in [-0.25, -0.2) is 4.79 Å². The molecular formula is C19H16N2O3. The van der Waals surface area contributed by atoms with Crippen molar-refractivity contribution < 1.29 is 14.3 Å². The minimum absolute atomic E-state index is 0.246. The first-order valence-electron chi connectivity index (χ1n) is 7.44. The zero-order chi connectivity index (χ0) is 16.9. The standard InChI is InChI=1S/C19H16N2O3/c20-17-8-4-3-7-16(17)19(23)24-12-18(22)21-15-10-9-13-5-1-2-6-14(13)11-15/h1-11H,12,20H2,(H,21,22). The molecule has 0 aliphatic carbocycles. The predicted molar refractivity (Wildman–Crippen MR) is 93.7 cm³/mol. The average Bonchev–Trinajstić information content (AvgIpc) is 2.60. The van der Waals surface area contributed by atoms with Gasteiger partial charge >= 0.3 is 5.97 Å². The van der Waals surface area contributed by atoms with Crippen molar-refractivity contribution in [2.24, 2.45) is 0 Å². The number of para-hydroxylation sites is 1. The molecule has 3 rings (SSSR count). The van der Waals surface area contributed by atoms with Crippen molar-refractivity contribution >= 4 is 34.0 Å². The number of carbonyl (C=O) groups is 2. The number of ether oxygens (including phenoxy) is 1. The Morgan fingerprint density at radius 3 is 2.42 bits per heavy atom. The van der Waals surface area contributed by atoms with Crippen LogP contribution in [0.3, 0.4) is 0 Å². The number of esters is 1. The van der Waals surface area contributed by atoms with Crippen molar-refractivity contribution in [3.05, 3.63) is 72.3 Å². The molecule has 5 nitrogen and oxygen atoms in total. The Morgan fingerprint density at radius 1 is 0.917 bits per heavy atom. The van der Waals surface area contributed by atoms with Crippen LogP contribution in [0, 0.1) is 0 Å². The molecule has 0 aromatic heterocycles. The summed E-state index contributed by atoms with van der Waals surface area (Å²) in [6.45, 7) is -0.375. The topological polar surface area (TPSA) is 81.4 Å². The maximum absolute atomic E-state index is 11.9. The summed E-state index contributed by atoms with van der Waals surface area (Å²) < 4.78 is 5.00. The van der Waals surface area contributed by atoms with Gasteiger partial charge in [-0.05, 0) is 35.0 Å². The van der Waals surface area contributed by atoms with E-state index in [1.54, 1.807) is 30.3 Å². The lowest BCUT2D eigenvalue weighted by molar-refractivity contribution is -0.119. The SMILES string of the molecule is Nc1ccccc1C(=O)OCC(=O)Nc1ccc2ccccc2c1. The number of hydrogen-bond acceptors (Lipinski definition) is 4. The smallest absolute Gasteiger partial charge is 0.340 e. The molecule has 0 heterocycles. The molecule has 3 aromatic rings. The Balaban J connectivity index is 1.61. The molecule has 0 fully saturated rings. The van der Waals surface area contributed by atoms with Crippen LogP contribution in [0.2, 0.25) is 0 Å². The first kappa shape index (κ1) is 15.6. The fourth-order valence-electron chi connectivity index (χ4n) is 2.36. The number of fused-ring (bicyclic) bond motifs is 1. The lowest BCUT2D eigenvalue weighted by atomic mass is 10.1. The van der Waals surface area contributed by atoms with Gasteiger partial charge < -0.3 is 15.8 Å². The van der Waals surface area contributed by atoms with E-state index in [9.17, 15) is 9.59 Å².